The second-order valence-electron chi connectivity index (χ2n) is 10.3. The number of aromatic nitrogens is 2. The highest BCUT2D eigenvalue weighted by Gasteiger charge is 2.42. The summed E-state index contributed by atoms with van der Waals surface area (Å²) in [7, 11) is -2.04. The molecule has 0 amide bonds. The van der Waals surface area contributed by atoms with E-state index in [1.807, 2.05) is 0 Å². The second kappa shape index (κ2) is 8.36. The van der Waals surface area contributed by atoms with Crippen LogP contribution in [0.25, 0.3) is 55.8 Å². The van der Waals surface area contributed by atoms with Crippen molar-refractivity contribution in [2.24, 2.45) is 0 Å². The third-order valence-corrected chi connectivity index (χ3v) is 11.1. The van der Waals surface area contributed by atoms with Crippen LogP contribution in [0.2, 0.25) is 13.1 Å². The van der Waals surface area contributed by atoms with Gasteiger partial charge in [-0.05, 0) is 38.3 Å². The largest absolute Gasteiger partial charge is 0.228 e. The summed E-state index contributed by atoms with van der Waals surface area (Å²) < 4.78 is 0. The molecule has 0 N–H and O–H groups in total. The third kappa shape index (κ3) is 3.46. The lowest BCUT2D eigenvalue weighted by Crippen LogP contribution is -2.50. The van der Waals surface area contributed by atoms with Crippen molar-refractivity contribution < 1.29 is 0 Å². The number of hydrogen-bond donors (Lipinski definition) is 0. The molecule has 0 aliphatic carbocycles. The molecule has 0 unspecified atom stereocenters. The summed E-state index contributed by atoms with van der Waals surface area (Å²) in [6.07, 6.45) is 0. The standard InChI is InChI=1S/C34H26N2Si/c1-37(2)29-21-20-24-14-9-10-19-28(24)30(29)32-33(37)31(25-15-7-4-8-16-25)35-34(36-32)27-18-11-17-26(22-27)23-12-5-3-6-13-23/h3-22H,1-2H3. The van der Waals surface area contributed by atoms with Crippen LogP contribution in [-0.4, -0.2) is 18.0 Å². The third-order valence-electron chi connectivity index (χ3n) is 7.65. The van der Waals surface area contributed by atoms with Crippen molar-refractivity contribution in [3.05, 3.63) is 121 Å². The minimum atomic E-state index is -2.04. The van der Waals surface area contributed by atoms with Crippen LogP contribution in [0.3, 0.4) is 0 Å². The smallest absolute Gasteiger partial charge is 0.160 e. The molecule has 7 rings (SSSR count). The first-order valence-corrected chi connectivity index (χ1v) is 15.8. The fraction of sp³-hybridized carbons (Fsp3) is 0.0588. The summed E-state index contributed by atoms with van der Waals surface area (Å²) in [5.74, 6) is 0.779. The van der Waals surface area contributed by atoms with Crippen LogP contribution in [0.1, 0.15) is 0 Å². The van der Waals surface area contributed by atoms with E-state index < -0.39 is 8.07 Å². The van der Waals surface area contributed by atoms with Gasteiger partial charge in [0.2, 0.25) is 0 Å². The minimum absolute atomic E-state index is 0.779. The Balaban J connectivity index is 1.54. The van der Waals surface area contributed by atoms with Gasteiger partial charge in [0.1, 0.15) is 8.07 Å². The van der Waals surface area contributed by atoms with Crippen LogP contribution in [-0.2, 0) is 0 Å². The van der Waals surface area contributed by atoms with E-state index in [0.717, 1.165) is 28.3 Å². The Labute approximate surface area is 218 Å². The van der Waals surface area contributed by atoms with Crippen molar-refractivity contribution in [3.63, 3.8) is 0 Å². The van der Waals surface area contributed by atoms with Crippen LogP contribution in [0, 0.1) is 0 Å². The first-order chi connectivity index (χ1) is 18.1. The van der Waals surface area contributed by atoms with Gasteiger partial charge in [-0.1, -0.05) is 128 Å². The summed E-state index contributed by atoms with van der Waals surface area (Å²) in [6.45, 7) is 4.88. The Morgan fingerprint density at radius 2 is 1.14 bits per heavy atom. The minimum Gasteiger partial charge on any atom is -0.228 e. The maximum Gasteiger partial charge on any atom is 0.160 e. The molecule has 1 aliphatic heterocycles. The number of hydrogen-bond acceptors (Lipinski definition) is 2. The molecule has 0 fully saturated rings. The first-order valence-electron chi connectivity index (χ1n) is 12.8. The highest BCUT2D eigenvalue weighted by Crippen LogP contribution is 2.37. The Hall–Kier alpha value is -4.34. The molecule has 3 heteroatoms. The molecule has 2 heterocycles. The zero-order chi connectivity index (χ0) is 25.0. The quantitative estimate of drug-likeness (QED) is 0.241. The summed E-state index contributed by atoms with van der Waals surface area (Å²) in [6, 6.07) is 43.1. The molecule has 5 aromatic carbocycles. The lowest BCUT2D eigenvalue weighted by Gasteiger charge is -2.21. The van der Waals surface area contributed by atoms with Crippen molar-refractivity contribution in [3.8, 4) is 45.0 Å². The van der Waals surface area contributed by atoms with E-state index in [1.54, 1.807) is 0 Å². The SMILES string of the molecule is C[Si]1(C)c2ccc3ccccc3c2-c2nc(-c3cccc(-c4ccccc4)c3)nc(-c3ccccc3)c21. The van der Waals surface area contributed by atoms with Crippen LogP contribution in [0.5, 0.6) is 0 Å². The molecule has 6 aromatic rings. The van der Waals surface area contributed by atoms with Crippen molar-refractivity contribution in [2.45, 2.75) is 13.1 Å². The van der Waals surface area contributed by atoms with Crippen LogP contribution < -0.4 is 10.4 Å². The van der Waals surface area contributed by atoms with Crippen molar-refractivity contribution in [2.75, 3.05) is 0 Å². The number of benzene rings is 5. The van der Waals surface area contributed by atoms with Crippen LogP contribution in [0.15, 0.2) is 121 Å². The normalized spacial score (nSPS) is 13.4. The van der Waals surface area contributed by atoms with Gasteiger partial charge in [-0.3, -0.25) is 0 Å². The van der Waals surface area contributed by atoms with Gasteiger partial charge >= 0.3 is 0 Å². The summed E-state index contributed by atoms with van der Waals surface area (Å²) >= 11 is 0. The van der Waals surface area contributed by atoms with Gasteiger partial charge in [-0.15, -0.1) is 0 Å². The van der Waals surface area contributed by atoms with Gasteiger partial charge < -0.3 is 0 Å². The van der Waals surface area contributed by atoms with E-state index in [0.29, 0.717) is 0 Å². The molecule has 0 atom stereocenters. The molecule has 0 spiro atoms. The molecule has 37 heavy (non-hydrogen) atoms. The zero-order valence-corrected chi connectivity index (χ0v) is 21.9. The number of fused-ring (bicyclic) bond motifs is 5. The average molecular weight is 491 g/mol. The Morgan fingerprint density at radius 1 is 0.514 bits per heavy atom. The summed E-state index contributed by atoms with van der Waals surface area (Å²) in [5, 5.41) is 5.32. The van der Waals surface area contributed by atoms with Gasteiger partial charge in [0, 0.05) is 16.7 Å². The predicted molar refractivity (Wildman–Crippen MR) is 158 cm³/mol. The molecule has 176 valence electrons. The highest BCUT2D eigenvalue weighted by atomic mass is 28.3. The topological polar surface area (TPSA) is 25.8 Å². The maximum absolute atomic E-state index is 5.36. The molecule has 2 nitrogen and oxygen atoms in total. The average Bonchev–Trinajstić information content (AvgIpc) is 3.20. The Morgan fingerprint density at radius 3 is 1.92 bits per heavy atom. The van der Waals surface area contributed by atoms with Gasteiger partial charge in [0.15, 0.2) is 5.82 Å². The molecule has 1 aliphatic rings. The van der Waals surface area contributed by atoms with E-state index in [4.69, 9.17) is 9.97 Å². The van der Waals surface area contributed by atoms with Crippen molar-refractivity contribution in [1.29, 1.82) is 0 Å². The number of nitrogens with zero attached hydrogens (tertiary/aromatic N) is 2. The van der Waals surface area contributed by atoms with Crippen LogP contribution in [0.4, 0.5) is 0 Å². The van der Waals surface area contributed by atoms with E-state index in [-0.39, 0.29) is 0 Å². The Bertz CT molecular complexity index is 1790. The summed E-state index contributed by atoms with van der Waals surface area (Å²) in [4.78, 5) is 10.7. The molecule has 0 radical (unpaired) electrons. The fourth-order valence-corrected chi connectivity index (χ4v) is 9.03. The molecular weight excluding hydrogens is 464 g/mol. The van der Waals surface area contributed by atoms with Gasteiger partial charge in [0.25, 0.3) is 0 Å². The van der Waals surface area contributed by atoms with E-state index in [2.05, 4.69) is 134 Å². The van der Waals surface area contributed by atoms with E-state index in [1.165, 1.54) is 37.8 Å². The van der Waals surface area contributed by atoms with Gasteiger partial charge in [-0.25, -0.2) is 9.97 Å². The van der Waals surface area contributed by atoms with E-state index in [9.17, 15) is 0 Å². The molecule has 0 saturated heterocycles. The second-order valence-corrected chi connectivity index (χ2v) is 14.6. The number of rotatable bonds is 3. The molecule has 0 bridgehead atoms. The maximum atomic E-state index is 5.36. The monoisotopic (exact) mass is 490 g/mol. The zero-order valence-electron chi connectivity index (χ0n) is 20.9. The lowest BCUT2D eigenvalue weighted by molar-refractivity contribution is 1.20. The van der Waals surface area contributed by atoms with Gasteiger partial charge in [0.05, 0.1) is 11.4 Å². The molecular formula is C34H26N2Si. The highest BCUT2D eigenvalue weighted by molar-refractivity contribution is 7.04. The van der Waals surface area contributed by atoms with E-state index >= 15 is 0 Å². The Kier molecular flexibility index (Phi) is 4.95. The van der Waals surface area contributed by atoms with Crippen molar-refractivity contribution in [1.82, 2.24) is 9.97 Å². The molecule has 0 saturated carbocycles. The first kappa shape index (κ1) is 21.9. The van der Waals surface area contributed by atoms with Gasteiger partial charge in [-0.2, -0.15) is 0 Å². The summed E-state index contributed by atoms with van der Waals surface area (Å²) in [5.41, 5.74) is 8.03. The fourth-order valence-electron chi connectivity index (χ4n) is 5.82. The van der Waals surface area contributed by atoms with Crippen molar-refractivity contribution >= 4 is 29.2 Å². The molecule has 1 aromatic heterocycles. The predicted octanol–water partition coefficient (Wildman–Crippen LogP) is 7.43. The van der Waals surface area contributed by atoms with Crippen LogP contribution >= 0.6 is 0 Å². The lowest BCUT2D eigenvalue weighted by atomic mass is 10.00.